The maximum Gasteiger partial charge on any atom is 0.225 e. The van der Waals surface area contributed by atoms with Gasteiger partial charge in [0, 0.05) is 18.3 Å². The number of hydrogen-bond acceptors (Lipinski definition) is 7. The van der Waals surface area contributed by atoms with Crippen LogP contribution in [-0.2, 0) is 0 Å². The van der Waals surface area contributed by atoms with Gasteiger partial charge in [0.05, 0.1) is 34.7 Å². The molecule has 0 saturated heterocycles. The highest BCUT2D eigenvalue weighted by molar-refractivity contribution is 6.33. The number of anilines is 3. The molecule has 0 unspecified atom stereocenters. The van der Waals surface area contributed by atoms with Crippen LogP contribution in [0.5, 0.6) is 5.75 Å². The van der Waals surface area contributed by atoms with Crippen molar-refractivity contribution >= 4 is 29.1 Å². The third kappa shape index (κ3) is 4.88. The minimum Gasteiger partial charge on any atom is -0.508 e. The third-order valence-electron chi connectivity index (χ3n) is 4.18. The molecule has 1 aromatic carbocycles. The van der Waals surface area contributed by atoms with Gasteiger partial charge in [-0.05, 0) is 30.2 Å². The number of nitrogens with one attached hydrogen (secondary N) is 2. The van der Waals surface area contributed by atoms with Crippen molar-refractivity contribution in [2.75, 3.05) is 17.2 Å². The second kappa shape index (κ2) is 8.86. The van der Waals surface area contributed by atoms with Crippen molar-refractivity contribution in [2.45, 2.75) is 19.9 Å². The van der Waals surface area contributed by atoms with Crippen LogP contribution in [0.2, 0.25) is 5.02 Å². The van der Waals surface area contributed by atoms with Gasteiger partial charge in [0.1, 0.15) is 11.6 Å². The largest absolute Gasteiger partial charge is 0.508 e. The summed E-state index contributed by atoms with van der Waals surface area (Å²) >= 11 is 6.20. The maximum atomic E-state index is 9.62. The van der Waals surface area contributed by atoms with Crippen molar-refractivity contribution < 1.29 is 10.2 Å². The van der Waals surface area contributed by atoms with Crippen molar-refractivity contribution in [2.24, 2.45) is 5.92 Å². The second-order valence-corrected chi connectivity index (χ2v) is 7.05. The fourth-order valence-electron chi connectivity index (χ4n) is 2.55. The molecule has 3 rings (SSSR count). The van der Waals surface area contributed by atoms with E-state index in [-0.39, 0.29) is 24.3 Å². The number of nitrogens with zero attached hydrogens (tertiary/aromatic N) is 3. The molecular weight excluding hydrogens is 378 g/mol. The Morgan fingerprint density at radius 3 is 2.54 bits per heavy atom. The lowest BCUT2D eigenvalue weighted by Gasteiger charge is -2.20. The molecule has 1 atom stereocenters. The monoisotopic (exact) mass is 399 g/mol. The van der Waals surface area contributed by atoms with E-state index >= 15 is 0 Å². The summed E-state index contributed by atoms with van der Waals surface area (Å²) in [4.78, 5) is 13.4. The summed E-state index contributed by atoms with van der Waals surface area (Å²) in [5.74, 6) is 1.15. The van der Waals surface area contributed by atoms with E-state index in [0.717, 1.165) is 0 Å². The maximum absolute atomic E-state index is 9.62. The first-order chi connectivity index (χ1) is 13.5. The molecule has 3 aromatic rings. The number of hydrogen-bond donors (Lipinski definition) is 4. The van der Waals surface area contributed by atoms with Gasteiger partial charge in [-0.15, -0.1) is 0 Å². The van der Waals surface area contributed by atoms with Crippen molar-refractivity contribution in [1.29, 1.82) is 0 Å². The Morgan fingerprint density at radius 1 is 1.07 bits per heavy atom. The first-order valence-electron chi connectivity index (χ1n) is 8.89. The van der Waals surface area contributed by atoms with Gasteiger partial charge >= 0.3 is 0 Å². The number of aromatic hydroxyl groups is 1. The van der Waals surface area contributed by atoms with Gasteiger partial charge < -0.3 is 20.8 Å². The zero-order chi connectivity index (χ0) is 20.1. The molecule has 4 N–H and O–H groups in total. The number of halogens is 1. The summed E-state index contributed by atoms with van der Waals surface area (Å²) in [6.45, 7) is 3.97. The highest BCUT2D eigenvalue weighted by Gasteiger charge is 2.16. The number of pyridine rings is 1. The second-order valence-electron chi connectivity index (χ2n) is 6.64. The Labute approximate surface area is 168 Å². The van der Waals surface area contributed by atoms with E-state index in [1.54, 1.807) is 18.3 Å². The molecular formula is C20H22ClN5O2. The standard InChI is InChI=1S/C20H22ClN5O2/c1-12(2)18(11-27)25-20-24-17(16-5-3-4-8-22-16)10-19(26-20)23-15-7-6-13(28)9-14(15)21/h3-10,12,18,27-28H,11H2,1-2H3,(H2,23,24,25,26)/t18-/m1/s1. The van der Waals surface area contributed by atoms with Crippen LogP contribution < -0.4 is 10.6 Å². The summed E-state index contributed by atoms with van der Waals surface area (Å²) in [5.41, 5.74) is 1.91. The fraction of sp³-hybridized carbons (Fsp3) is 0.250. The molecule has 0 aliphatic rings. The number of phenolic OH excluding ortho intramolecular Hbond substituents is 1. The Kier molecular flexibility index (Phi) is 6.28. The lowest BCUT2D eigenvalue weighted by Crippen LogP contribution is -2.30. The Balaban J connectivity index is 1.99. The smallest absolute Gasteiger partial charge is 0.225 e. The fourth-order valence-corrected chi connectivity index (χ4v) is 2.78. The molecule has 2 heterocycles. The van der Waals surface area contributed by atoms with Crippen LogP contribution in [0.15, 0.2) is 48.7 Å². The molecule has 0 bridgehead atoms. The Morgan fingerprint density at radius 2 is 1.89 bits per heavy atom. The van der Waals surface area contributed by atoms with Crippen LogP contribution in [0.4, 0.5) is 17.5 Å². The number of rotatable bonds is 7. The van der Waals surface area contributed by atoms with Gasteiger partial charge in [-0.3, -0.25) is 4.98 Å². The van der Waals surface area contributed by atoms with Crippen LogP contribution in [0, 0.1) is 5.92 Å². The summed E-state index contributed by atoms with van der Waals surface area (Å²) in [5, 5.41) is 25.8. The van der Waals surface area contributed by atoms with E-state index < -0.39 is 0 Å². The molecule has 7 nitrogen and oxygen atoms in total. The Bertz CT molecular complexity index is 937. The average molecular weight is 400 g/mol. The predicted octanol–water partition coefficient (Wildman–Crippen LogP) is 4.07. The SMILES string of the molecule is CC(C)[C@@H](CO)Nc1nc(Nc2ccc(O)cc2Cl)cc(-c2ccccn2)n1. The molecule has 146 valence electrons. The zero-order valence-corrected chi connectivity index (χ0v) is 16.4. The van der Waals surface area contributed by atoms with E-state index in [1.165, 1.54) is 12.1 Å². The van der Waals surface area contributed by atoms with Gasteiger partial charge in [-0.2, -0.15) is 4.98 Å². The number of phenols is 1. The summed E-state index contributed by atoms with van der Waals surface area (Å²) in [7, 11) is 0. The zero-order valence-electron chi connectivity index (χ0n) is 15.6. The minimum atomic E-state index is -0.191. The highest BCUT2D eigenvalue weighted by Crippen LogP contribution is 2.29. The van der Waals surface area contributed by atoms with E-state index in [2.05, 4.69) is 25.6 Å². The van der Waals surface area contributed by atoms with Crippen LogP contribution in [0.1, 0.15) is 13.8 Å². The van der Waals surface area contributed by atoms with E-state index in [1.807, 2.05) is 32.0 Å². The van der Waals surface area contributed by atoms with Gasteiger partial charge in [0.15, 0.2) is 0 Å². The van der Waals surface area contributed by atoms with E-state index in [4.69, 9.17) is 11.6 Å². The molecule has 0 amide bonds. The van der Waals surface area contributed by atoms with E-state index in [9.17, 15) is 10.2 Å². The molecule has 0 spiro atoms. The van der Waals surface area contributed by atoms with Crippen molar-refractivity contribution in [3.8, 4) is 17.1 Å². The van der Waals surface area contributed by atoms with Crippen LogP contribution in [-0.4, -0.2) is 37.8 Å². The molecule has 0 aliphatic heterocycles. The third-order valence-corrected chi connectivity index (χ3v) is 4.50. The topological polar surface area (TPSA) is 103 Å². The van der Waals surface area contributed by atoms with Gasteiger partial charge in [0.2, 0.25) is 5.95 Å². The summed E-state index contributed by atoms with van der Waals surface area (Å²) in [6.07, 6.45) is 1.69. The molecule has 0 aliphatic carbocycles. The summed E-state index contributed by atoms with van der Waals surface area (Å²) in [6, 6.07) is 11.8. The minimum absolute atomic E-state index is 0.0403. The summed E-state index contributed by atoms with van der Waals surface area (Å²) < 4.78 is 0. The molecule has 0 saturated carbocycles. The van der Waals surface area contributed by atoms with Gasteiger partial charge in [-0.1, -0.05) is 31.5 Å². The normalized spacial score (nSPS) is 12.0. The lowest BCUT2D eigenvalue weighted by atomic mass is 10.1. The number of aliphatic hydroxyl groups excluding tert-OH is 1. The first-order valence-corrected chi connectivity index (χ1v) is 9.27. The van der Waals surface area contributed by atoms with Crippen LogP contribution >= 0.6 is 11.6 Å². The van der Waals surface area contributed by atoms with Gasteiger partial charge in [-0.25, -0.2) is 4.98 Å². The molecule has 28 heavy (non-hydrogen) atoms. The molecule has 8 heteroatoms. The van der Waals surface area contributed by atoms with Crippen LogP contribution in [0.3, 0.4) is 0 Å². The number of aromatic nitrogens is 3. The Hall–Kier alpha value is -2.90. The van der Waals surface area contributed by atoms with Crippen molar-refractivity contribution in [3.05, 3.63) is 53.7 Å². The number of aliphatic hydroxyl groups is 1. The highest BCUT2D eigenvalue weighted by atomic mass is 35.5. The molecule has 0 radical (unpaired) electrons. The quantitative estimate of drug-likeness (QED) is 0.444. The average Bonchev–Trinajstić information content (AvgIpc) is 2.68. The number of benzene rings is 1. The van der Waals surface area contributed by atoms with E-state index in [0.29, 0.717) is 33.9 Å². The van der Waals surface area contributed by atoms with Gasteiger partial charge in [0.25, 0.3) is 0 Å². The first kappa shape index (κ1) is 19.9. The van der Waals surface area contributed by atoms with Crippen LogP contribution in [0.25, 0.3) is 11.4 Å². The predicted molar refractivity (Wildman–Crippen MR) is 111 cm³/mol. The lowest BCUT2D eigenvalue weighted by molar-refractivity contribution is 0.248. The van der Waals surface area contributed by atoms with Crippen molar-refractivity contribution in [1.82, 2.24) is 15.0 Å². The molecule has 2 aromatic heterocycles. The van der Waals surface area contributed by atoms with Crippen molar-refractivity contribution in [3.63, 3.8) is 0 Å². The molecule has 0 fully saturated rings.